The van der Waals surface area contributed by atoms with Gasteiger partial charge in [-0.05, 0) is 69.1 Å². The number of hydrogen-bond acceptors (Lipinski definition) is 2. The lowest BCUT2D eigenvalue weighted by molar-refractivity contribution is 0.155. The molecule has 0 atom stereocenters. The SMILES string of the molecule is CCN(CC1CC1)C(=O)NCc1cccc(OC2CCCCC2)c1. The molecule has 4 heteroatoms. The summed E-state index contributed by atoms with van der Waals surface area (Å²) in [4.78, 5) is 14.2. The number of carbonyl (C=O) groups excluding carboxylic acids is 1. The molecule has 24 heavy (non-hydrogen) atoms. The van der Waals surface area contributed by atoms with Gasteiger partial charge in [0.05, 0.1) is 6.10 Å². The largest absolute Gasteiger partial charge is 0.490 e. The van der Waals surface area contributed by atoms with Crippen LogP contribution in [0.1, 0.15) is 57.4 Å². The number of nitrogens with one attached hydrogen (secondary N) is 1. The molecule has 132 valence electrons. The van der Waals surface area contributed by atoms with Crippen molar-refractivity contribution in [2.75, 3.05) is 13.1 Å². The summed E-state index contributed by atoms with van der Waals surface area (Å²) in [6.07, 6.45) is 9.09. The number of ether oxygens (including phenoxy) is 1. The minimum atomic E-state index is 0.0444. The number of hydrogen-bond donors (Lipinski definition) is 1. The van der Waals surface area contributed by atoms with Crippen molar-refractivity contribution in [1.29, 1.82) is 0 Å². The molecule has 0 saturated heterocycles. The van der Waals surface area contributed by atoms with E-state index >= 15 is 0 Å². The van der Waals surface area contributed by atoms with E-state index in [4.69, 9.17) is 4.74 Å². The maximum absolute atomic E-state index is 12.3. The van der Waals surface area contributed by atoms with E-state index in [2.05, 4.69) is 11.4 Å². The van der Waals surface area contributed by atoms with Crippen molar-refractivity contribution in [2.45, 2.75) is 64.5 Å². The Labute approximate surface area is 145 Å². The van der Waals surface area contributed by atoms with Gasteiger partial charge < -0.3 is 15.0 Å². The van der Waals surface area contributed by atoms with Crippen LogP contribution in [0.5, 0.6) is 5.75 Å². The minimum Gasteiger partial charge on any atom is -0.490 e. The van der Waals surface area contributed by atoms with Crippen LogP contribution in [0.15, 0.2) is 24.3 Å². The molecule has 2 fully saturated rings. The van der Waals surface area contributed by atoms with Crippen molar-refractivity contribution < 1.29 is 9.53 Å². The quantitative estimate of drug-likeness (QED) is 0.808. The van der Waals surface area contributed by atoms with Crippen LogP contribution in [0.2, 0.25) is 0 Å². The molecule has 2 saturated carbocycles. The van der Waals surface area contributed by atoms with Crippen molar-refractivity contribution in [3.8, 4) is 5.75 Å². The lowest BCUT2D eigenvalue weighted by Gasteiger charge is -2.23. The van der Waals surface area contributed by atoms with Crippen molar-refractivity contribution in [1.82, 2.24) is 10.2 Å². The Morgan fingerprint density at radius 1 is 1.21 bits per heavy atom. The molecule has 1 N–H and O–H groups in total. The smallest absolute Gasteiger partial charge is 0.317 e. The van der Waals surface area contributed by atoms with Gasteiger partial charge in [-0.3, -0.25) is 0 Å². The predicted octanol–water partition coefficient (Wildman–Crippen LogP) is 4.34. The Kier molecular flexibility index (Phi) is 6.00. The summed E-state index contributed by atoms with van der Waals surface area (Å²) in [6.45, 7) is 4.27. The fraction of sp³-hybridized carbons (Fsp3) is 0.650. The molecule has 0 heterocycles. The van der Waals surface area contributed by atoms with Crippen molar-refractivity contribution >= 4 is 6.03 Å². The fourth-order valence-electron chi connectivity index (χ4n) is 3.36. The van der Waals surface area contributed by atoms with E-state index < -0.39 is 0 Å². The van der Waals surface area contributed by atoms with Crippen LogP contribution in [0.25, 0.3) is 0 Å². The first-order chi connectivity index (χ1) is 11.7. The third kappa shape index (κ3) is 5.15. The van der Waals surface area contributed by atoms with Crippen LogP contribution >= 0.6 is 0 Å². The number of benzene rings is 1. The van der Waals surface area contributed by atoms with Crippen LogP contribution in [-0.4, -0.2) is 30.1 Å². The van der Waals surface area contributed by atoms with Crippen LogP contribution in [0.3, 0.4) is 0 Å². The minimum absolute atomic E-state index is 0.0444. The fourth-order valence-corrected chi connectivity index (χ4v) is 3.36. The van der Waals surface area contributed by atoms with E-state index in [1.807, 2.05) is 30.0 Å². The van der Waals surface area contributed by atoms with Crippen LogP contribution < -0.4 is 10.1 Å². The first-order valence-electron chi connectivity index (χ1n) is 9.53. The van der Waals surface area contributed by atoms with Gasteiger partial charge in [-0.15, -0.1) is 0 Å². The van der Waals surface area contributed by atoms with E-state index in [1.165, 1.54) is 32.1 Å². The molecule has 2 aliphatic carbocycles. The Bertz CT molecular complexity index is 536. The molecule has 2 aliphatic rings. The van der Waals surface area contributed by atoms with E-state index in [9.17, 15) is 4.79 Å². The van der Waals surface area contributed by atoms with Crippen molar-refractivity contribution in [3.63, 3.8) is 0 Å². The van der Waals surface area contributed by atoms with Gasteiger partial charge in [0.25, 0.3) is 0 Å². The Morgan fingerprint density at radius 2 is 2.00 bits per heavy atom. The summed E-state index contributed by atoms with van der Waals surface area (Å²) in [7, 11) is 0. The molecular weight excluding hydrogens is 300 g/mol. The third-order valence-electron chi connectivity index (χ3n) is 5.04. The Hall–Kier alpha value is -1.71. The zero-order chi connectivity index (χ0) is 16.8. The lowest BCUT2D eigenvalue weighted by atomic mass is 9.98. The second-order valence-corrected chi connectivity index (χ2v) is 7.17. The van der Waals surface area contributed by atoms with Crippen LogP contribution in [-0.2, 0) is 6.54 Å². The van der Waals surface area contributed by atoms with Crippen molar-refractivity contribution in [3.05, 3.63) is 29.8 Å². The molecule has 4 nitrogen and oxygen atoms in total. The van der Waals surface area contributed by atoms with Crippen LogP contribution in [0.4, 0.5) is 4.79 Å². The molecule has 0 spiro atoms. The van der Waals surface area contributed by atoms with Gasteiger partial charge in [-0.25, -0.2) is 4.79 Å². The maximum Gasteiger partial charge on any atom is 0.317 e. The number of nitrogens with zero attached hydrogens (tertiary/aromatic N) is 1. The van der Waals surface area contributed by atoms with Gasteiger partial charge in [-0.1, -0.05) is 18.6 Å². The topological polar surface area (TPSA) is 41.6 Å². The van der Waals surface area contributed by atoms with Gasteiger partial charge in [0, 0.05) is 19.6 Å². The van der Waals surface area contributed by atoms with Gasteiger partial charge in [0.1, 0.15) is 5.75 Å². The Morgan fingerprint density at radius 3 is 2.71 bits per heavy atom. The molecule has 0 aliphatic heterocycles. The summed E-state index contributed by atoms with van der Waals surface area (Å²) in [5.41, 5.74) is 1.10. The molecular formula is C20H30N2O2. The first-order valence-corrected chi connectivity index (χ1v) is 9.53. The molecule has 2 amide bonds. The second kappa shape index (κ2) is 8.41. The van der Waals surface area contributed by atoms with E-state index in [1.54, 1.807) is 0 Å². The standard InChI is InChI=1S/C20H30N2O2/c1-2-22(15-16-11-12-16)20(23)21-14-17-7-6-10-19(13-17)24-18-8-4-3-5-9-18/h6-7,10,13,16,18H,2-5,8-9,11-12,14-15H2,1H3,(H,21,23). The lowest BCUT2D eigenvalue weighted by Crippen LogP contribution is -2.40. The zero-order valence-electron chi connectivity index (χ0n) is 14.8. The number of carbonyl (C=O) groups is 1. The predicted molar refractivity (Wildman–Crippen MR) is 96.1 cm³/mol. The van der Waals surface area contributed by atoms with Gasteiger partial charge in [0.15, 0.2) is 0 Å². The molecule has 0 radical (unpaired) electrons. The highest BCUT2D eigenvalue weighted by atomic mass is 16.5. The summed E-state index contributed by atoms with van der Waals surface area (Å²) in [6, 6.07) is 8.19. The maximum atomic E-state index is 12.3. The van der Waals surface area contributed by atoms with E-state index in [0.717, 1.165) is 43.2 Å². The van der Waals surface area contributed by atoms with E-state index in [-0.39, 0.29) is 6.03 Å². The summed E-state index contributed by atoms with van der Waals surface area (Å²) in [5, 5.41) is 3.05. The van der Waals surface area contributed by atoms with Gasteiger partial charge in [-0.2, -0.15) is 0 Å². The average molecular weight is 330 g/mol. The highest BCUT2D eigenvalue weighted by molar-refractivity contribution is 5.74. The number of urea groups is 1. The molecule has 1 aromatic carbocycles. The molecule has 1 aromatic rings. The molecule has 0 bridgehead atoms. The van der Waals surface area contributed by atoms with Gasteiger partial charge >= 0.3 is 6.03 Å². The summed E-state index contributed by atoms with van der Waals surface area (Å²) >= 11 is 0. The normalized spacial score (nSPS) is 18.2. The Balaban J connectivity index is 1.49. The summed E-state index contributed by atoms with van der Waals surface area (Å²) < 4.78 is 6.11. The number of amides is 2. The van der Waals surface area contributed by atoms with E-state index in [0.29, 0.717) is 12.6 Å². The number of rotatable bonds is 7. The second-order valence-electron chi connectivity index (χ2n) is 7.17. The first kappa shape index (κ1) is 17.1. The zero-order valence-corrected chi connectivity index (χ0v) is 14.8. The molecule has 0 aromatic heterocycles. The van der Waals surface area contributed by atoms with Crippen molar-refractivity contribution in [2.24, 2.45) is 5.92 Å². The molecule has 0 unspecified atom stereocenters. The third-order valence-corrected chi connectivity index (χ3v) is 5.04. The highest BCUT2D eigenvalue weighted by Gasteiger charge is 2.25. The summed E-state index contributed by atoms with van der Waals surface area (Å²) in [5.74, 6) is 1.65. The van der Waals surface area contributed by atoms with Crippen LogP contribution in [0, 0.1) is 5.92 Å². The monoisotopic (exact) mass is 330 g/mol. The van der Waals surface area contributed by atoms with Gasteiger partial charge in [0.2, 0.25) is 0 Å². The highest BCUT2D eigenvalue weighted by Crippen LogP contribution is 2.29. The average Bonchev–Trinajstić information content (AvgIpc) is 3.43. The molecule has 3 rings (SSSR count).